The molecule has 0 unspecified atom stereocenters. The van der Waals surface area contributed by atoms with Gasteiger partial charge < -0.3 is 12.6 Å². The quantitative estimate of drug-likeness (QED) is 0.198. The van der Waals surface area contributed by atoms with Crippen molar-refractivity contribution in [3.8, 4) is 0 Å². The second kappa shape index (κ2) is 14.5. The number of hydrogen-bond donors (Lipinski definition) is 0. The maximum atomic E-state index is 5.35. The van der Waals surface area contributed by atoms with Crippen LogP contribution in [0.2, 0.25) is 0 Å². The molecule has 0 N–H and O–H groups in total. The summed E-state index contributed by atoms with van der Waals surface area (Å²) in [4.78, 5) is 0. The predicted molar refractivity (Wildman–Crippen MR) is 82.5 cm³/mol. The molecule has 0 spiro atoms. The summed E-state index contributed by atoms with van der Waals surface area (Å²) in [5.41, 5.74) is 0. The van der Waals surface area contributed by atoms with Gasteiger partial charge in [0, 0.05) is 0 Å². The van der Waals surface area contributed by atoms with Crippen molar-refractivity contribution in [2.24, 2.45) is 0 Å². The van der Waals surface area contributed by atoms with Crippen LogP contribution < -0.4 is 0 Å². The molecule has 0 aromatic rings. The summed E-state index contributed by atoms with van der Waals surface area (Å²) in [7, 11) is 0. The maximum Gasteiger partial charge on any atom is 1.00 e. The number of rotatable bonds is 12. The molecule has 0 aliphatic carbocycles. The van der Waals surface area contributed by atoms with Crippen LogP contribution >= 0.6 is 0 Å². The molecule has 0 atom stereocenters. The van der Waals surface area contributed by atoms with Crippen molar-refractivity contribution in [3.05, 3.63) is 0 Å². The van der Waals surface area contributed by atoms with Crippen LogP contribution in [0.25, 0.3) is 0 Å². The van der Waals surface area contributed by atoms with Gasteiger partial charge in [0.2, 0.25) is 0 Å². The summed E-state index contributed by atoms with van der Waals surface area (Å²) in [6, 6.07) is 0. The zero-order valence-electron chi connectivity index (χ0n) is 12.7. The van der Waals surface area contributed by atoms with Gasteiger partial charge in [0.05, 0.1) is 0 Å². The fourth-order valence-corrected chi connectivity index (χ4v) is 2.36. The molecular formula is C16H33AuS. The van der Waals surface area contributed by atoms with Crippen molar-refractivity contribution in [2.75, 3.05) is 0 Å². The molecule has 0 saturated heterocycles. The first-order chi connectivity index (χ1) is 8.06. The molecule has 0 saturated carbocycles. The SMILES string of the molecule is CCCCCCCCCCCCCC(C)(C)[S-].[Au+]. The molecule has 0 aliphatic heterocycles. The molecule has 0 amide bonds. The van der Waals surface area contributed by atoms with E-state index < -0.39 is 0 Å². The van der Waals surface area contributed by atoms with Gasteiger partial charge in [0.25, 0.3) is 0 Å². The summed E-state index contributed by atoms with van der Waals surface area (Å²) in [6.45, 7) is 6.61. The van der Waals surface area contributed by atoms with E-state index >= 15 is 0 Å². The van der Waals surface area contributed by atoms with E-state index in [1.807, 2.05) is 0 Å². The standard InChI is InChI=1S/C16H34S.Au/c1-4-5-6-7-8-9-10-11-12-13-14-15-16(2,3)17;/h17H,4-15H2,1-3H3;/q;+1/p-1. The molecule has 2 heteroatoms. The molecule has 0 radical (unpaired) electrons. The van der Waals surface area contributed by atoms with E-state index in [0.717, 1.165) is 0 Å². The third-order valence-corrected chi connectivity index (χ3v) is 3.59. The molecule has 0 nitrogen and oxygen atoms in total. The van der Waals surface area contributed by atoms with Crippen LogP contribution in [0.5, 0.6) is 0 Å². The van der Waals surface area contributed by atoms with Gasteiger partial charge in [-0.3, -0.25) is 0 Å². The summed E-state index contributed by atoms with van der Waals surface area (Å²) in [6.07, 6.45) is 16.8. The fourth-order valence-electron chi connectivity index (χ4n) is 2.21. The Morgan fingerprint density at radius 1 is 0.667 bits per heavy atom. The largest absolute Gasteiger partial charge is 1.00 e. The molecule has 114 valence electrons. The smallest absolute Gasteiger partial charge is 0.786 e. The van der Waals surface area contributed by atoms with Crippen molar-refractivity contribution in [1.29, 1.82) is 0 Å². The second-order valence-electron chi connectivity index (χ2n) is 6.05. The fraction of sp³-hybridized carbons (Fsp3) is 1.00. The molecule has 0 heterocycles. The minimum absolute atomic E-state index is 0. The Kier molecular flexibility index (Phi) is 17.2. The van der Waals surface area contributed by atoms with Gasteiger partial charge in [0.1, 0.15) is 0 Å². The van der Waals surface area contributed by atoms with Crippen molar-refractivity contribution < 1.29 is 22.4 Å². The van der Waals surface area contributed by atoms with Gasteiger partial charge in [-0.15, -0.1) is 0 Å². The van der Waals surface area contributed by atoms with E-state index in [-0.39, 0.29) is 27.1 Å². The van der Waals surface area contributed by atoms with Crippen LogP contribution in [0, 0.1) is 0 Å². The second-order valence-corrected chi connectivity index (χ2v) is 7.15. The molecule has 0 fully saturated rings. The molecule has 0 bridgehead atoms. The van der Waals surface area contributed by atoms with Crippen molar-refractivity contribution in [3.63, 3.8) is 0 Å². The van der Waals surface area contributed by atoms with Gasteiger partial charge in [-0.05, 0) is 0 Å². The Hall–Kier alpha value is 1.09. The monoisotopic (exact) mass is 454 g/mol. The normalized spacial score (nSPS) is 11.3. The average Bonchev–Trinajstić information content (AvgIpc) is 2.24. The number of hydrogen-bond acceptors (Lipinski definition) is 1. The van der Waals surface area contributed by atoms with Crippen LogP contribution in [0.15, 0.2) is 0 Å². The van der Waals surface area contributed by atoms with Gasteiger partial charge in [-0.1, -0.05) is 97.8 Å². The molecular weight excluding hydrogens is 421 g/mol. The summed E-state index contributed by atoms with van der Waals surface area (Å²) < 4.78 is 0.124. The van der Waals surface area contributed by atoms with E-state index in [2.05, 4.69) is 20.8 Å². The minimum Gasteiger partial charge on any atom is -0.786 e. The molecule has 18 heavy (non-hydrogen) atoms. The predicted octanol–water partition coefficient (Wildman–Crippen LogP) is 6.01. The van der Waals surface area contributed by atoms with E-state index in [9.17, 15) is 0 Å². The Morgan fingerprint density at radius 3 is 1.33 bits per heavy atom. The van der Waals surface area contributed by atoms with E-state index in [1.54, 1.807) is 0 Å². The van der Waals surface area contributed by atoms with Gasteiger partial charge >= 0.3 is 22.4 Å². The van der Waals surface area contributed by atoms with E-state index in [0.29, 0.717) is 0 Å². The third kappa shape index (κ3) is 19.4. The van der Waals surface area contributed by atoms with Crippen LogP contribution in [0.3, 0.4) is 0 Å². The summed E-state index contributed by atoms with van der Waals surface area (Å²) in [5, 5.41) is 0. The molecule has 0 rings (SSSR count). The van der Waals surface area contributed by atoms with Crippen LogP contribution in [0.1, 0.15) is 97.8 Å². The first-order valence-corrected chi connectivity index (χ1v) is 8.17. The molecule has 0 aromatic carbocycles. The van der Waals surface area contributed by atoms with Gasteiger partial charge in [0.15, 0.2) is 0 Å². The average molecular weight is 454 g/mol. The third-order valence-electron chi connectivity index (χ3n) is 3.38. The number of unbranched alkanes of at least 4 members (excludes halogenated alkanes) is 10. The Labute approximate surface area is 137 Å². The van der Waals surface area contributed by atoms with E-state index in [1.165, 1.54) is 77.0 Å². The van der Waals surface area contributed by atoms with Crippen LogP contribution in [-0.4, -0.2) is 4.75 Å². The Balaban J connectivity index is 0. The van der Waals surface area contributed by atoms with Crippen LogP contribution in [0.4, 0.5) is 0 Å². The van der Waals surface area contributed by atoms with Crippen molar-refractivity contribution >= 4 is 12.6 Å². The van der Waals surface area contributed by atoms with E-state index in [4.69, 9.17) is 12.6 Å². The van der Waals surface area contributed by atoms with Crippen LogP contribution in [-0.2, 0) is 35.0 Å². The summed E-state index contributed by atoms with van der Waals surface area (Å²) >= 11 is 5.35. The van der Waals surface area contributed by atoms with Crippen molar-refractivity contribution in [2.45, 2.75) is 103 Å². The van der Waals surface area contributed by atoms with Gasteiger partial charge in [-0.2, -0.15) is 4.75 Å². The first-order valence-electron chi connectivity index (χ1n) is 7.76. The zero-order valence-corrected chi connectivity index (χ0v) is 15.7. The first kappa shape index (κ1) is 21.4. The Bertz CT molecular complexity index is 152. The topological polar surface area (TPSA) is 0 Å². The minimum atomic E-state index is 0. The zero-order chi connectivity index (χ0) is 13.0. The maximum absolute atomic E-state index is 5.35. The molecule has 0 aliphatic rings. The van der Waals surface area contributed by atoms with Crippen molar-refractivity contribution in [1.82, 2.24) is 0 Å². The Morgan fingerprint density at radius 2 is 1.00 bits per heavy atom. The molecule has 0 aromatic heterocycles. The summed E-state index contributed by atoms with van der Waals surface area (Å²) in [5.74, 6) is 0. The van der Waals surface area contributed by atoms with Gasteiger partial charge in [-0.25, -0.2) is 0 Å².